The minimum absolute atomic E-state index is 0.00434. The summed E-state index contributed by atoms with van der Waals surface area (Å²) in [6.45, 7) is 2.38. The summed E-state index contributed by atoms with van der Waals surface area (Å²) in [4.78, 5) is 19.9. The first kappa shape index (κ1) is 23.8. The van der Waals surface area contributed by atoms with Crippen LogP contribution in [0.3, 0.4) is 0 Å². The van der Waals surface area contributed by atoms with Gasteiger partial charge in [0.05, 0.1) is 34.9 Å². The van der Waals surface area contributed by atoms with Gasteiger partial charge in [-0.3, -0.25) is 4.79 Å². The van der Waals surface area contributed by atoms with Gasteiger partial charge >= 0.3 is 0 Å². The van der Waals surface area contributed by atoms with Crippen LogP contribution in [0.5, 0.6) is 0 Å². The number of sulfonamides is 1. The van der Waals surface area contributed by atoms with Crippen LogP contribution in [0.25, 0.3) is 11.0 Å². The molecule has 3 aromatic rings. The molecule has 3 heterocycles. The summed E-state index contributed by atoms with van der Waals surface area (Å²) in [5, 5.41) is 4.04. The first-order chi connectivity index (χ1) is 17.2. The van der Waals surface area contributed by atoms with Crippen LogP contribution in [0.2, 0.25) is 5.02 Å². The zero-order valence-corrected chi connectivity index (χ0v) is 21.4. The monoisotopic (exact) mass is 531 g/mol. The van der Waals surface area contributed by atoms with Gasteiger partial charge in [-0.05, 0) is 55.2 Å². The summed E-state index contributed by atoms with van der Waals surface area (Å²) in [6, 6.07) is 10.2. The van der Waals surface area contributed by atoms with Crippen LogP contribution in [0, 0.1) is 5.82 Å². The van der Waals surface area contributed by atoms with Gasteiger partial charge in [0.15, 0.2) is 0 Å². The predicted octanol–water partition coefficient (Wildman–Crippen LogP) is 3.03. The Bertz CT molecular complexity index is 1490. The summed E-state index contributed by atoms with van der Waals surface area (Å²) in [5.41, 5.74) is 2.64. The summed E-state index contributed by atoms with van der Waals surface area (Å²) in [5.74, 6) is 0.331. The number of nitrogens with zero attached hydrogens (tertiary/aromatic N) is 4. The molecule has 1 amide bonds. The number of benzene rings is 2. The highest BCUT2D eigenvalue weighted by Gasteiger charge is 2.59. The Morgan fingerprint density at radius 1 is 1.22 bits per heavy atom. The zero-order chi connectivity index (χ0) is 25.2. The predicted molar refractivity (Wildman–Crippen MR) is 136 cm³/mol. The zero-order valence-electron chi connectivity index (χ0n) is 19.9. The number of imidazole rings is 1. The highest BCUT2D eigenvalue weighted by molar-refractivity contribution is 7.88. The van der Waals surface area contributed by atoms with Gasteiger partial charge < -0.3 is 14.8 Å². The summed E-state index contributed by atoms with van der Waals surface area (Å²) in [7, 11) is -3.19. The van der Waals surface area contributed by atoms with Gasteiger partial charge in [0, 0.05) is 37.2 Å². The van der Waals surface area contributed by atoms with Crippen molar-refractivity contribution in [3.05, 3.63) is 58.6 Å². The molecule has 1 atom stereocenters. The normalized spacial score (nSPS) is 21.1. The van der Waals surface area contributed by atoms with Crippen LogP contribution in [-0.2, 0) is 33.3 Å². The molecule has 1 aliphatic carbocycles. The molecular formula is C25H27ClFN5O3S. The molecule has 2 aliphatic heterocycles. The van der Waals surface area contributed by atoms with Crippen LogP contribution in [0.1, 0.15) is 30.7 Å². The van der Waals surface area contributed by atoms with E-state index in [0.717, 1.165) is 35.9 Å². The lowest BCUT2D eigenvalue weighted by atomic mass is 9.98. The molecule has 1 saturated carbocycles. The molecule has 1 aromatic heterocycles. The standard InChI is InChI=1S/C25H27ClFN5O3S/c1-36(34,35)30-10-6-18(14-30)28-9-11-31-21-5-2-16(26)12-20(21)29-23(31)15-32-22-13-17(27)3-4-19(22)25(7-8-25)24(32)33/h2-5,12-13,18,28H,6-11,14-15H2,1H3. The molecule has 1 spiro atoms. The van der Waals surface area contributed by atoms with Gasteiger partial charge in [0.2, 0.25) is 15.9 Å². The van der Waals surface area contributed by atoms with Crippen molar-refractivity contribution >= 4 is 44.3 Å². The Balaban J connectivity index is 1.26. The fraction of sp³-hybridized carbons (Fsp3) is 0.440. The summed E-state index contributed by atoms with van der Waals surface area (Å²) >= 11 is 6.22. The van der Waals surface area contributed by atoms with Crippen LogP contribution in [0.15, 0.2) is 36.4 Å². The minimum Gasteiger partial charge on any atom is -0.325 e. The lowest BCUT2D eigenvalue weighted by Gasteiger charge is -2.20. The topological polar surface area (TPSA) is 87.5 Å². The van der Waals surface area contributed by atoms with Crippen molar-refractivity contribution in [1.82, 2.24) is 19.2 Å². The Morgan fingerprint density at radius 3 is 2.75 bits per heavy atom. The number of hydrogen-bond acceptors (Lipinski definition) is 5. The van der Waals surface area contributed by atoms with Crippen molar-refractivity contribution in [3.63, 3.8) is 0 Å². The smallest absolute Gasteiger partial charge is 0.238 e. The first-order valence-corrected chi connectivity index (χ1v) is 14.3. The maximum Gasteiger partial charge on any atom is 0.238 e. The Labute approximate surface area is 214 Å². The molecule has 190 valence electrons. The average molecular weight is 532 g/mol. The van der Waals surface area contributed by atoms with Crippen molar-refractivity contribution in [2.75, 3.05) is 30.8 Å². The van der Waals surface area contributed by atoms with E-state index < -0.39 is 15.4 Å². The van der Waals surface area contributed by atoms with E-state index in [9.17, 15) is 17.6 Å². The second-order valence-corrected chi connectivity index (χ2v) is 12.4. The molecule has 1 saturated heterocycles. The largest absolute Gasteiger partial charge is 0.325 e. The van der Waals surface area contributed by atoms with Crippen molar-refractivity contribution < 1.29 is 17.6 Å². The molecule has 2 aromatic carbocycles. The molecule has 2 fully saturated rings. The summed E-state index contributed by atoms with van der Waals surface area (Å²) < 4.78 is 41.4. The van der Waals surface area contributed by atoms with Crippen LogP contribution in [-0.4, -0.2) is 60.1 Å². The fourth-order valence-electron chi connectivity index (χ4n) is 5.62. The van der Waals surface area contributed by atoms with Crippen LogP contribution in [0.4, 0.5) is 10.1 Å². The van der Waals surface area contributed by atoms with Gasteiger partial charge in [0.1, 0.15) is 11.6 Å². The molecule has 3 aliphatic rings. The van der Waals surface area contributed by atoms with Gasteiger partial charge in [-0.1, -0.05) is 17.7 Å². The highest BCUT2D eigenvalue weighted by atomic mass is 35.5. The van der Waals surface area contributed by atoms with Gasteiger partial charge in [0.25, 0.3) is 0 Å². The van der Waals surface area contributed by atoms with E-state index in [4.69, 9.17) is 16.6 Å². The molecular weight excluding hydrogens is 505 g/mol. The SMILES string of the molecule is CS(=O)(=O)N1CCC(NCCn2c(CN3C(=O)C4(CC4)c4ccc(F)cc43)nc3cc(Cl)ccc32)C1. The molecule has 0 radical (unpaired) electrons. The molecule has 1 N–H and O–H groups in total. The Morgan fingerprint density at radius 2 is 2.03 bits per heavy atom. The van der Waals surface area contributed by atoms with Crippen molar-refractivity contribution in [1.29, 1.82) is 0 Å². The third-order valence-corrected chi connectivity index (χ3v) is 9.15. The number of hydrogen-bond donors (Lipinski definition) is 1. The van der Waals surface area contributed by atoms with E-state index in [0.29, 0.717) is 42.7 Å². The number of aromatic nitrogens is 2. The van der Waals surface area contributed by atoms with Gasteiger partial charge in [-0.25, -0.2) is 22.1 Å². The van der Waals surface area contributed by atoms with E-state index >= 15 is 0 Å². The number of halogens is 2. The van der Waals surface area contributed by atoms with E-state index in [1.165, 1.54) is 22.7 Å². The molecule has 6 rings (SSSR count). The van der Waals surface area contributed by atoms with Crippen molar-refractivity contribution in [2.45, 2.75) is 43.8 Å². The second kappa shape index (κ2) is 8.51. The lowest BCUT2D eigenvalue weighted by molar-refractivity contribution is -0.120. The van der Waals surface area contributed by atoms with Crippen molar-refractivity contribution in [2.24, 2.45) is 0 Å². The molecule has 1 unspecified atom stereocenters. The third kappa shape index (κ3) is 4.00. The number of anilines is 1. The maximum absolute atomic E-state index is 14.2. The van der Waals surface area contributed by atoms with Crippen LogP contribution >= 0.6 is 11.6 Å². The fourth-order valence-corrected chi connectivity index (χ4v) is 6.68. The number of rotatable bonds is 7. The number of amides is 1. The van der Waals surface area contributed by atoms with Crippen LogP contribution < -0.4 is 10.2 Å². The third-order valence-electron chi connectivity index (χ3n) is 7.65. The van der Waals surface area contributed by atoms with E-state index in [1.54, 1.807) is 17.0 Å². The van der Waals surface area contributed by atoms with E-state index in [1.807, 2.05) is 12.1 Å². The minimum atomic E-state index is -3.19. The maximum atomic E-state index is 14.2. The number of nitrogens with one attached hydrogen (secondary N) is 1. The molecule has 36 heavy (non-hydrogen) atoms. The number of carbonyl (C=O) groups excluding carboxylic acids is 1. The number of carbonyl (C=O) groups is 1. The Kier molecular flexibility index (Phi) is 5.64. The molecule has 0 bridgehead atoms. The lowest BCUT2D eigenvalue weighted by Crippen LogP contribution is -2.36. The highest BCUT2D eigenvalue weighted by Crippen LogP contribution is 2.57. The quantitative estimate of drug-likeness (QED) is 0.506. The average Bonchev–Trinajstić information content (AvgIpc) is 3.26. The summed E-state index contributed by atoms with van der Waals surface area (Å²) in [6.07, 6.45) is 3.55. The molecule has 11 heteroatoms. The second-order valence-electron chi connectivity index (χ2n) is 10.0. The Hall–Kier alpha value is -2.53. The van der Waals surface area contributed by atoms with E-state index in [-0.39, 0.29) is 24.3 Å². The van der Waals surface area contributed by atoms with Gasteiger partial charge in [-0.2, -0.15) is 0 Å². The van der Waals surface area contributed by atoms with Gasteiger partial charge in [-0.15, -0.1) is 0 Å². The van der Waals surface area contributed by atoms with Crippen molar-refractivity contribution in [3.8, 4) is 0 Å². The first-order valence-electron chi connectivity index (χ1n) is 12.1. The number of fused-ring (bicyclic) bond motifs is 3. The van der Waals surface area contributed by atoms with E-state index in [2.05, 4.69) is 9.88 Å². The molecule has 8 nitrogen and oxygen atoms in total.